The Balaban J connectivity index is 1.33. The smallest absolute Gasteiger partial charge is 0.343 e. The van der Waals surface area contributed by atoms with Gasteiger partial charge in [0.15, 0.2) is 0 Å². The van der Waals surface area contributed by atoms with Crippen molar-refractivity contribution in [3.63, 3.8) is 0 Å². The zero-order valence-electron chi connectivity index (χ0n) is 15.7. The zero-order valence-corrected chi connectivity index (χ0v) is 18.1. The Hall–Kier alpha value is -3.29. The third-order valence-corrected chi connectivity index (χ3v) is 5.39. The van der Waals surface area contributed by atoms with Gasteiger partial charge in [0.05, 0.1) is 17.5 Å². The van der Waals surface area contributed by atoms with E-state index in [0.29, 0.717) is 16.4 Å². The summed E-state index contributed by atoms with van der Waals surface area (Å²) in [7, 11) is 0. The van der Waals surface area contributed by atoms with Gasteiger partial charge in [-0.3, -0.25) is 5.43 Å². The number of anilines is 1. The summed E-state index contributed by atoms with van der Waals surface area (Å²) in [5, 5.41) is 6.92. The van der Waals surface area contributed by atoms with Crippen molar-refractivity contribution in [2.75, 3.05) is 5.43 Å². The first-order valence-electron chi connectivity index (χ1n) is 9.05. The van der Waals surface area contributed by atoms with Crippen LogP contribution in [0, 0.1) is 0 Å². The maximum Gasteiger partial charge on any atom is 0.343 e. The summed E-state index contributed by atoms with van der Waals surface area (Å²) < 4.78 is 6.40. The van der Waals surface area contributed by atoms with Crippen LogP contribution in [0.25, 0.3) is 11.3 Å². The molecular weight excluding hydrogens is 462 g/mol. The van der Waals surface area contributed by atoms with Gasteiger partial charge in [0, 0.05) is 15.4 Å². The van der Waals surface area contributed by atoms with Gasteiger partial charge < -0.3 is 4.74 Å². The molecule has 0 atom stereocenters. The fraction of sp³-hybridized carbons (Fsp3) is 0. The number of halogens is 1. The fourth-order valence-corrected chi connectivity index (χ4v) is 3.54. The Bertz CT molecular complexity index is 1160. The third kappa shape index (κ3) is 5.20. The molecule has 0 unspecified atom stereocenters. The molecule has 0 amide bonds. The summed E-state index contributed by atoms with van der Waals surface area (Å²) >= 11 is 4.92. The average Bonchev–Trinajstić information content (AvgIpc) is 3.25. The molecule has 1 N–H and O–H groups in total. The van der Waals surface area contributed by atoms with Gasteiger partial charge in [0.2, 0.25) is 5.13 Å². The van der Waals surface area contributed by atoms with Crippen LogP contribution in [0.4, 0.5) is 5.13 Å². The standard InChI is InChI=1S/C23H16BrN3O2S/c24-19-10-8-17(9-11-19)21-15-30-23(26-21)27-25-14-16-6-12-20(13-7-16)29-22(28)18-4-2-1-3-5-18/h1-15H,(H,26,27)/b25-14-. The van der Waals surface area contributed by atoms with Crippen LogP contribution in [0.2, 0.25) is 0 Å². The van der Waals surface area contributed by atoms with Crippen LogP contribution in [0.3, 0.4) is 0 Å². The molecular formula is C23H16BrN3O2S. The molecule has 1 aromatic heterocycles. The van der Waals surface area contributed by atoms with E-state index in [0.717, 1.165) is 21.3 Å². The minimum atomic E-state index is -0.385. The Labute approximate surface area is 186 Å². The maximum absolute atomic E-state index is 12.1. The molecule has 7 heteroatoms. The van der Waals surface area contributed by atoms with Gasteiger partial charge in [-0.2, -0.15) is 5.10 Å². The van der Waals surface area contributed by atoms with E-state index in [1.165, 1.54) is 11.3 Å². The largest absolute Gasteiger partial charge is 0.423 e. The summed E-state index contributed by atoms with van der Waals surface area (Å²) in [4.78, 5) is 16.6. The molecule has 148 valence electrons. The molecule has 0 saturated heterocycles. The molecule has 0 aliphatic carbocycles. The second kappa shape index (κ2) is 9.47. The Morgan fingerprint density at radius 1 is 1.00 bits per heavy atom. The van der Waals surface area contributed by atoms with E-state index in [4.69, 9.17) is 4.74 Å². The van der Waals surface area contributed by atoms with E-state index in [9.17, 15) is 4.79 Å². The predicted octanol–water partition coefficient (Wildman–Crippen LogP) is 6.24. The zero-order chi connectivity index (χ0) is 20.8. The molecule has 3 aromatic carbocycles. The van der Waals surface area contributed by atoms with Crippen LogP contribution in [-0.2, 0) is 0 Å². The maximum atomic E-state index is 12.1. The summed E-state index contributed by atoms with van der Waals surface area (Å²) in [5.41, 5.74) is 6.27. The van der Waals surface area contributed by atoms with Crippen LogP contribution >= 0.6 is 27.3 Å². The number of nitrogens with one attached hydrogen (secondary N) is 1. The quantitative estimate of drug-likeness (QED) is 0.154. The lowest BCUT2D eigenvalue weighted by molar-refractivity contribution is 0.0735. The summed E-state index contributed by atoms with van der Waals surface area (Å²) in [5.74, 6) is 0.0945. The molecule has 0 saturated carbocycles. The Kier molecular flexibility index (Phi) is 6.32. The first-order valence-corrected chi connectivity index (χ1v) is 10.7. The van der Waals surface area contributed by atoms with Crippen molar-refractivity contribution in [1.29, 1.82) is 0 Å². The number of esters is 1. The van der Waals surface area contributed by atoms with Gasteiger partial charge in [-0.25, -0.2) is 9.78 Å². The highest BCUT2D eigenvalue weighted by molar-refractivity contribution is 9.10. The number of benzene rings is 3. The van der Waals surface area contributed by atoms with Crippen LogP contribution in [-0.4, -0.2) is 17.2 Å². The van der Waals surface area contributed by atoms with E-state index in [2.05, 4.69) is 31.4 Å². The molecule has 4 aromatic rings. The highest BCUT2D eigenvalue weighted by Gasteiger charge is 2.07. The predicted molar refractivity (Wildman–Crippen MR) is 124 cm³/mol. The highest BCUT2D eigenvalue weighted by atomic mass is 79.9. The Morgan fingerprint density at radius 3 is 2.47 bits per heavy atom. The molecule has 5 nitrogen and oxygen atoms in total. The number of hydrogen-bond donors (Lipinski definition) is 1. The lowest BCUT2D eigenvalue weighted by Gasteiger charge is -2.04. The number of thiazole rings is 1. The second-order valence-corrected chi connectivity index (χ2v) is 8.01. The molecule has 0 bridgehead atoms. The van der Waals surface area contributed by atoms with Crippen molar-refractivity contribution in [3.05, 3.63) is 99.8 Å². The topological polar surface area (TPSA) is 63.6 Å². The average molecular weight is 478 g/mol. The van der Waals surface area contributed by atoms with Crippen LogP contribution < -0.4 is 10.2 Å². The molecule has 0 fully saturated rings. The van der Waals surface area contributed by atoms with Crippen molar-refractivity contribution < 1.29 is 9.53 Å². The van der Waals surface area contributed by atoms with Crippen molar-refractivity contribution in [2.45, 2.75) is 0 Å². The van der Waals surface area contributed by atoms with Gasteiger partial charge in [-0.1, -0.05) is 46.3 Å². The first-order chi connectivity index (χ1) is 14.7. The van der Waals surface area contributed by atoms with Gasteiger partial charge in [0.1, 0.15) is 5.75 Å². The lowest BCUT2D eigenvalue weighted by Crippen LogP contribution is -2.08. The van der Waals surface area contributed by atoms with Gasteiger partial charge in [-0.15, -0.1) is 11.3 Å². The number of carbonyl (C=O) groups excluding carboxylic acids is 1. The number of hydrogen-bond acceptors (Lipinski definition) is 6. The molecule has 30 heavy (non-hydrogen) atoms. The molecule has 1 heterocycles. The van der Waals surface area contributed by atoms with Gasteiger partial charge in [-0.05, 0) is 54.1 Å². The molecule has 0 aliphatic heterocycles. The molecule has 0 aliphatic rings. The van der Waals surface area contributed by atoms with Crippen LogP contribution in [0.1, 0.15) is 15.9 Å². The number of nitrogens with zero attached hydrogens (tertiary/aromatic N) is 2. The first kappa shape index (κ1) is 20.0. The van der Waals surface area contributed by atoms with E-state index >= 15 is 0 Å². The number of aromatic nitrogens is 1. The van der Waals surface area contributed by atoms with E-state index in [1.54, 1.807) is 42.6 Å². The minimum absolute atomic E-state index is 0.385. The summed E-state index contributed by atoms with van der Waals surface area (Å²) in [6.45, 7) is 0. The minimum Gasteiger partial charge on any atom is -0.423 e. The molecule has 4 rings (SSSR count). The van der Waals surface area contributed by atoms with Crippen LogP contribution in [0.15, 0.2) is 93.8 Å². The Morgan fingerprint density at radius 2 is 1.73 bits per heavy atom. The fourth-order valence-electron chi connectivity index (χ4n) is 2.60. The second-order valence-electron chi connectivity index (χ2n) is 6.24. The normalized spacial score (nSPS) is 10.8. The monoisotopic (exact) mass is 477 g/mol. The van der Waals surface area contributed by atoms with Crippen molar-refractivity contribution in [2.24, 2.45) is 5.10 Å². The van der Waals surface area contributed by atoms with Gasteiger partial charge >= 0.3 is 5.97 Å². The number of carbonyl (C=O) groups is 1. The highest BCUT2D eigenvalue weighted by Crippen LogP contribution is 2.26. The third-order valence-electron chi connectivity index (χ3n) is 4.12. The van der Waals surface area contributed by atoms with Crippen molar-refractivity contribution in [1.82, 2.24) is 4.98 Å². The summed E-state index contributed by atoms with van der Waals surface area (Å²) in [6.07, 6.45) is 1.68. The number of hydrazone groups is 1. The van der Waals surface area contributed by atoms with E-state index in [-0.39, 0.29) is 5.97 Å². The summed E-state index contributed by atoms with van der Waals surface area (Å²) in [6, 6.07) is 24.0. The molecule has 0 radical (unpaired) electrons. The number of ether oxygens (including phenoxy) is 1. The number of rotatable bonds is 6. The van der Waals surface area contributed by atoms with Crippen molar-refractivity contribution >= 4 is 44.6 Å². The molecule has 0 spiro atoms. The van der Waals surface area contributed by atoms with E-state index in [1.807, 2.05) is 47.8 Å². The van der Waals surface area contributed by atoms with E-state index < -0.39 is 0 Å². The SMILES string of the molecule is O=C(Oc1ccc(/C=N\Nc2nc(-c3ccc(Br)cc3)cs2)cc1)c1ccccc1. The lowest BCUT2D eigenvalue weighted by atomic mass is 10.2. The van der Waals surface area contributed by atoms with Crippen molar-refractivity contribution in [3.8, 4) is 17.0 Å². The van der Waals surface area contributed by atoms with Crippen LogP contribution in [0.5, 0.6) is 5.75 Å². The van der Waals surface area contributed by atoms with Gasteiger partial charge in [0.25, 0.3) is 0 Å².